The second-order valence-electron chi connectivity index (χ2n) is 11.9. The number of hydrogen-bond donors (Lipinski definition) is 1. The smallest absolute Gasteiger partial charge is 0.259 e. The van der Waals surface area contributed by atoms with Crippen molar-refractivity contribution in [2.75, 3.05) is 27.4 Å². The Morgan fingerprint density at radius 2 is 1.42 bits per heavy atom. The Morgan fingerprint density at radius 3 is 1.91 bits per heavy atom. The summed E-state index contributed by atoms with van der Waals surface area (Å²) >= 11 is 0. The highest BCUT2D eigenvalue weighted by Gasteiger charge is 2.44. The van der Waals surface area contributed by atoms with E-state index in [-0.39, 0.29) is 30.2 Å². The number of nitrogens with one attached hydrogen (secondary N) is 1. The van der Waals surface area contributed by atoms with E-state index in [4.69, 9.17) is 28.5 Å². The molecule has 1 unspecified atom stereocenters. The quantitative estimate of drug-likeness (QED) is 0.0893. The van der Waals surface area contributed by atoms with Gasteiger partial charge in [0.15, 0.2) is 0 Å². The van der Waals surface area contributed by atoms with Gasteiger partial charge in [0.05, 0.1) is 51.6 Å². The molecule has 3 aromatic carbocycles. The van der Waals surface area contributed by atoms with E-state index in [2.05, 4.69) is 100 Å². The molecule has 4 atom stereocenters. The Morgan fingerprint density at radius 1 is 0.889 bits per heavy atom. The lowest BCUT2D eigenvalue weighted by molar-refractivity contribution is 0.0317. The molecule has 0 aromatic heterocycles. The predicted molar refractivity (Wildman–Crippen MR) is 182 cm³/mol. The van der Waals surface area contributed by atoms with Crippen LogP contribution in [-0.4, -0.2) is 70.2 Å². The van der Waals surface area contributed by atoms with Crippen LogP contribution in [0.1, 0.15) is 57.2 Å². The average Bonchev–Trinajstić information content (AvgIpc) is 3.40. The number of nitrogens with zero attached hydrogens (tertiary/aromatic N) is 2. The number of hydrogen-bond acceptors (Lipinski definition) is 8. The lowest BCUT2D eigenvalue weighted by Gasteiger charge is -2.41. The molecule has 1 aliphatic rings. The molecule has 8 nitrogen and oxygen atoms in total. The summed E-state index contributed by atoms with van der Waals surface area (Å²) < 4.78 is 32.6. The van der Waals surface area contributed by atoms with Crippen LogP contribution >= 0.6 is 8.53 Å². The third kappa shape index (κ3) is 8.45. The van der Waals surface area contributed by atoms with Crippen molar-refractivity contribution >= 4 is 16.4 Å². The highest BCUT2D eigenvalue weighted by molar-refractivity contribution is 7.44. The number of ether oxygens (including phenoxy) is 3. The maximum atomic E-state index is 9.13. The SMILES string of the molecule is B[C@H]1C[C@H](NC(c2ccccc2)(c2ccc(OC)cc2)c2ccc(OC)cc2)[C@@H](COP(OCCC#N)N(C(C)C)C(C)C)O1. The minimum Gasteiger partial charge on any atom is -0.497 e. The molecule has 1 saturated heterocycles. The van der Waals surface area contributed by atoms with E-state index in [1.165, 1.54) is 0 Å². The fourth-order valence-corrected chi connectivity index (χ4v) is 7.73. The third-order valence-electron chi connectivity index (χ3n) is 8.11. The van der Waals surface area contributed by atoms with E-state index in [1.54, 1.807) is 14.2 Å². The van der Waals surface area contributed by atoms with Gasteiger partial charge in [0.1, 0.15) is 19.3 Å². The Bertz CT molecular complexity index is 1300. The molecule has 10 heteroatoms. The van der Waals surface area contributed by atoms with Gasteiger partial charge in [0, 0.05) is 24.1 Å². The van der Waals surface area contributed by atoms with Crippen LogP contribution in [0.15, 0.2) is 78.9 Å². The fourth-order valence-electron chi connectivity index (χ4n) is 6.11. The number of rotatable bonds is 16. The predicted octanol–water partition coefficient (Wildman–Crippen LogP) is 5.99. The van der Waals surface area contributed by atoms with E-state index in [0.717, 1.165) is 34.6 Å². The van der Waals surface area contributed by atoms with Gasteiger partial charge in [-0.15, -0.1) is 0 Å². The van der Waals surface area contributed by atoms with E-state index < -0.39 is 14.1 Å². The van der Waals surface area contributed by atoms with Gasteiger partial charge in [-0.2, -0.15) is 5.26 Å². The molecule has 0 aliphatic carbocycles. The monoisotopic (exact) mass is 631 g/mol. The lowest BCUT2D eigenvalue weighted by Crippen LogP contribution is -2.53. The normalized spacial score (nSPS) is 19.2. The van der Waals surface area contributed by atoms with Gasteiger partial charge in [-0.05, 0) is 75.1 Å². The van der Waals surface area contributed by atoms with Crippen LogP contribution in [0.3, 0.4) is 0 Å². The van der Waals surface area contributed by atoms with Crippen molar-refractivity contribution in [1.29, 1.82) is 5.26 Å². The molecule has 0 amide bonds. The second kappa shape index (κ2) is 16.6. The van der Waals surface area contributed by atoms with E-state index in [9.17, 15) is 0 Å². The maximum Gasteiger partial charge on any atom is 0.259 e. The highest BCUT2D eigenvalue weighted by atomic mass is 31.2. The Hall–Kier alpha value is -2.96. The maximum absolute atomic E-state index is 9.13. The summed E-state index contributed by atoms with van der Waals surface area (Å²) in [5, 5.41) is 13.2. The first-order valence-electron chi connectivity index (χ1n) is 15.7. The van der Waals surface area contributed by atoms with Gasteiger partial charge < -0.3 is 23.3 Å². The van der Waals surface area contributed by atoms with Gasteiger partial charge in [-0.25, -0.2) is 4.67 Å². The van der Waals surface area contributed by atoms with Gasteiger partial charge in [0.2, 0.25) is 0 Å². The highest BCUT2D eigenvalue weighted by Crippen LogP contribution is 2.47. The van der Waals surface area contributed by atoms with Crippen LogP contribution in [0, 0.1) is 11.3 Å². The molecule has 1 heterocycles. The Balaban J connectivity index is 1.74. The summed E-state index contributed by atoms with van der Waals surface area (Å²) in [6.45, 7) is 9.25. The molecule has 1 aliphatic heterocycles. The van der Waals surface area contributed by atoms with E-state index in [0.29, 0.717) is 19.6 Å². The van der Waals surface area contributed by atoms with Crippen LogP contribution in [-0.2, 0) is 19.3 Å². The molecule has 240 valence electrons. The third-order valence-corrected chi connectivity index (χ3v) is 10.2. The van der Waals surface area contributed by atoms with Crippen LogP contribution in [0.2, 0.25) is 0 Å². The zero-order chi connectivity index (χ0) is 32.4. The van der Waals surface area contributed by atoms with Gasteiger partial charge >= 0.3 is 0 Å². The average molecular weight is 632 g/mol. The zero-order valence-electron chi connectivity index (χ0n) is 27.6. The second-order valence-corrected chi connectivity index (χ2v) is 13.3. The number of nitriles is 1. The van der Waals surface area contributed by atoms with E-state index >= 15 is 0 Å². The van der Waals surface area contributed by atoms with Crippen LogP contribution in [0.4, 0.5) is 0 Å². The standard InChI is InChI=1S/C35H47BN3O5P/c1-25(2)39(26(3)4)45(42-22-10-21-37)43-24-33-32(23-34(36)44-33)38-35(27-11-8-7-9-12-27,28-13-17-30(40-5)18-14-28)29-15-19-31(41-6)20-16-29/h7-9,11-20,25-26,32-34,38H,10,22-24,36H2,1-6H3/t32-,33+,34+,45?/m0/s1. The largest absolute Gasteiger partial charge is 0.497 e. The van der Waals surface area contributed by atoms with Gasteiger partial charge in [0.25, 0.3) is 8.53 Å². The Labute approximate surface area is 271 Å². The van der Waals surface area contributed by atoms with Gasteiger partial charge in [-0.3, -0.25) is 5.32 Å². The first kappa shape index (κ1) is 34.9. The van der Waals surface area contributed by atoms with Crippen molar-refractivity contribution in [3.05, 3.63) is 95.6 Å². The van der Waals surface area contributed by atoms with Gasteiger partial charge in [-0.1, -0.05) is 54.6 Å². The van der Waals surface area contributed by atoms with Crippen molar-refractivity contribution < 1.29 is 23.3 Å². The van der Waals surface area contributed by atoms with E-state index in [1.807, 2.05) is 30.3 Å². The summed E-state index contributed by atoms with van der Waals surface area (Å²) in [4.78, 5) is 0. The first-order chi connectivity index (χ1) is 21.7. The minimum absolute atomic E-state index is 0.0355. The first-order valence-corrected chi connectivity index (χ1v) is 16.8. The molecule has 0 spiro atoms. The summed E-state index contributed by atoms with van der Waals surface area (Å²) in [7, 11) is 4.08. The molecule has 1 N–H and O–H groups in total. The van der Waals surface area contributed by atoms with Crippen molar-refractivity contribution in [3.63, 3.8) is 0 Å². The molecular formula is C35H47BN3O5P. The lowest BCUT2D eigenvalue weighted by atomic mass is 9.76. The minimum atomic E-state index is -1.39. The van der Waals surface area contributed by atoms with Crippen molar-refractivity contribution in [3.8, 4) is 17.6 Å². The Kier molecular flexibility index (Phi) is 12.8. The van der Waals surface area contributed by atoms with Crippen LogP contribution < -0.4 is 14.8 Å². The molecule has 0 saturated carbocycles. The summed E-state index contributed by atoms with van der Waals surface area (Å²) in [6.07, 6.45) is 0.891. The summed E-state index contributed by atoms with van der Waals surface area (Å²) in [5.74, 6) is 1.59. The molecule has 0 bridgehead atoms. The molecular weight excluding hydrogens is 584 g/mol. The summed E-state index contributed by atoms with van der Waals surface area (Å²) in [5.41, 5.74) is 2.54. The number of methoxy groups -OCH3 is 2. The molecule has 45 heavy (non-hydrogen) atoms. The molecule has 3 aromatic rings. The van der Waals surface area contributed by atoms with Crippen molar-refractivity contribution in [1.82, 2.24) is 9.99 Å². The number of benzene rings is 3. The topological polar surface area (TPSA) is 85.2 Å². The van der Waals surface area contributed by atoms with Crippen molar-refractivity contribution in [2.24, 2.45) is 0 Å². The van der Waals surface area contributed by atoms with Crippen molar-refractivity contribution in [2.45, 2.75) is 76.3 Å². The zero-order valence-corrected chi connectivity index (χ0v) is 28.5. The molecule has 0 radical (unpaired) electrons. The van der Waals surface area contributed by atoms with Crippen LogP contribution in [0.25, 0.3) is 0 Å². The fraction of sp³-hybridized carbons (Fsp3) is 0.457. The molecule has 1 fully saturated rings. The van der Waals surface area contributed by atoms with Crippen LogP contribution in [0.5, 0.6) is 11.5 Å². The summed E-state index contributed by atoms with van der Waals surface area (Å²) in [6, 6.07) is 29.6. The molecule has 4 rings (SSSR count).